The standard InChI is InChI=1S/C30H35N7O2/c1-2-8-23-22(6-1)7-5-9-26(23)36-15-11-24-25(20-36)33-30(34-29(24)35-16-12-31-13-17-35)39-21-27-32-14-18-37(27)28-10-3-4-19-38-28/h1-2,5-9,14,18,28,31H,3-4,10-13,15-17,19-21H2. The van der Waals surface area contributed by atoms with Crippen LogP contribution in [-0.4, -0.2) is 58.8 Å². The molecule has 0 saturated carbocycles. The van der Waals surface area contributed by atoms with Crippen molar-refractivity contribution in [1.82, 2.24) is 24.8 Å². The summed E-state index contributed by atoms with van der Waals surface area (Å²) in [4.78, 5) is 19.3. The molecule has 2 saturated heterocycles. The van der Waals surface area contributed by atoms with E-state index in [2.05, 4.69) is 67.1 Å². The van der Waals surface area contributed by atoms with Crippen molar-refractivity contribution in [3.05, 3.63) is 71.9 Å². The highest BCUT2D eigenvalue weighted by Crippen LogP contribution is 2.34. The number of imidazole rings is 1. The fourth-order valence-corrected chi connectivity index (χ4v) is 6.07. The Kier molecular flexibility index (Phi) is 6.76. The molecule has 3 aliphatic rings. The fourth-order valence-electron chi connectivity index (χ4n) is 6.07. The number of nitrogens with zero attached hydrogens (tertiary/aromatic N) is 6. The molecule has 1 N–H and O–H groups in total. The summed E-state index contributed by atoms with van der Waals surface area (Å²) in [5.74, 6) is 1.86. The minimum atomic E-state index is 0.0231. The Morgan fingerprint density at radius 3 is 2.77 bits per heavy atom. The Morgan fingerprint density at radius 1 is 0.974 bits per heavy atom. The zero-order chi connectivity index (χ0) is 26.0. The van der Waals surface area contributed by atoms with Gasteiger partial charge in [-0.05, 0) is 37.1 Å². The molecule has 9 nitrogen and oxygen atoms in total. The lowest BCUT2D eigenvalue weighted by Gasteiger charge is -2.35. The van der Waals surface area contributed by atoms with Crippen molar-refractivity contribution in [3.8, 4) is 6.01 Å². The van der Waals surface area contributed by atoms with Crippen molar-refractivity contribution < 1.29 is 9.47 Å². The summed E-state index contributed by atoms with van der Waals surface area (Å²) in [6.07, 6.45) is 8.00. The molecule has 39 heavy (non-hydrogen) atoms. The average Bonchev–Trinajstić information content (AvgIpc) is 3.49. The fraction of sp³-hybridized carbons (Fsp3) is 0.433. The lowest BCUT2D eigenvalue weighted by molar-refractivity contribution is -0.0349. The first-order chi connectivity index (χ1) is 19.3. The smallest absolute Gasteiger partial charge is 0.319 e. The Balaban J connectivity index is 1.18. The molecule has 1 atom stereocenters. The van der Waals surface area contributed by atoms with Crippen LogP contribution in [0.25, 0.3) is 10.8 Å². The highest BCUT2D eigenvalue weighted by atomic mass is 16.5. The largest absolute Gasteiger partial charge is 0.455 e. The van der Waals surface area contributed by atoms with Crippen LogP contribution in [0.5, 0.6) is 6.01 Å². The number of aromatic nitrogens is 4. The molecule has 2 aromatic heterocycles. The number of piperazine rings is 1. The van der Waals surface area contributed by atoms with Crippen molar-refractivity contribution in [2.75, 3.05) is 49.1 Å². The Hall–Kier alpha value is -3.69. The molecule has 4 aromatic rings. The normalized spacial score (nSPS) is 19.7. The Morgan fingerprint density at radius 2 is 1.87 bits per heavy atom. The van der Waals surface area contributed by atoms with Crippen molar-refractivity contribution in [2.24, 2.45) is 0 Å². The third-order valence-corrected chi connectivity index (χ3v) is 8.09. The number of hydrogen-bond donors (Lipinski definition) is 1. The van der Waals surface area contributed by atoms with Crippen LogP contribution in [-0.2, 0) is 24.3 Å². The second kappa shape index (κ2) is 10.8. The maximum Gasteiger partial charge on any atom is 0.319 e. The SMILES string of the molecule is c1ccc2c(N3CCc4c(nc(OCc5nccn5C5CCCCO5)nc4N4CCNCC4)C3)cccc2c1. The van der Waals surface area contributed by atoms with Gasteiger partial charge in [0.25, 0.3) is 0 Å². The van der Waals surface area contributed by atoms with Crippen LogP contribution in [0.2, 0.25) is 0 Å². The molecule has 7 rings (SSSR count). The molecule has 9 heteroatoms. The van der Waals surface area contributed by atoms with E-state index in [0.717, 1.165) is 82.5 Å². The van der Waals surface area contributed by atoms with Gasteiger partial charge in [0.2, 0.25) is 0 Å². The maximum atomic E-state index is 6.27. The number of rotatable bonds is 6. The van der Waals surface area contributed by atoms with Crippen LogP contribution in [0, 0.1) is 0 Å². The highest BCUT2D eigenvalue weighted by molar-refractivity contribution is 5.94. The average molecular weight is 526 g/mol. The molecule has 0 aliphatic carbocycles. The van der Waals surface area contributed by atoms with Gasteiger partial charge in [0.15, 0.2) is 0 Å². The topological polar surface area (TPSA) is 80.6 Å². The molecular weight excluding hydrogens is 490 g/mol. The van der Waals surface area contributed by atoms with Gasteiger partial charge in [-0.2, -0.15) is 9.97 Å². The molecule has 1 unspecified atom stereocenters. The lowest BCUT2D eigenvalue weighted by Crippen LogP contribution is -2.45. The molecule has 0 radical (unpaired) electrons. The highest BCUT2D eigenvalue weighted by Gasteiger charge is 2.27. The van der Waals surface area contributed by atoms with Crippen LogP contribution >= 0.6 is 0 Å². The summed E-state index contributed by atoms with van der Waals surface area (Å²) < 4.78 is 14.4. The number of hydrogen-bond acceptors (Lipinski definition) is 8. The van der Waals surface area contributed by atoms with Crippen LogP contribution in [0.3, 0.4) is 0 Å². The van der Waals surface area contributed by atoms with Gasteiger partial charge in [0, 0.05) is 68.4 Å². The van der Waals surface area contributed by atoms with E-state index in [0.29, 0.717) is 12.6 Å². The van der Waals surface area contributed by atoms with E-state index in [1.807, 2.05) is 12.4 Å². The van der Waals surface area contributed by atoms with Gasteiger partial charge in [-0.3, -0.25) is 0 Å². The number of nitrogens with one attached hydrogen (secondary N) is 1. The molecule has 202 valence electrons. The van der Waals surface area contributed by atoms with Crippen LogP contribution in [0.1, 0.15) is 42.6 Å². The second-order valence-corrected chi connectivity index (χ2v) is 10.5. The summed E-state index contributed by atoms with van der Waals surface area (Å²) in [5.41, 5.74) is 3.54. The zero-order valence-corrected chi connectivity index (χ0v) is 22.3. The molecular formula is C30H35N7O2. The van der Waals surface area contributed by atoms with Gasteiger partial charge in [-0.1, -0.05) is 36.4 Å². The first kappa shape index (κ1) is 24.4. The Bertz CT molecular complexity index is 1440. The summed E-state index contributed by atoms with van der Waals surface area (Å²) in [7, 11) is 0. The van der Waals surface area contributed by atoms with Crippen LogP contribution < -0.4 is 19.9 Å². The number of fused-ring (bicyclic) bond motifs is 2. The van der Waals surface area contributed by atoms with E-state index < -0.39 is 0 Å². The van der Waals surface area contributed by atoms with Crippen LogP contribution in [0.15, 0.2) is 54.9 Å². The summed E-state index contributed by atoms with van der Waals surface area (Å²) >= 11 is 0. The van der Waals surface area contributed by atoms with Crippen LogP contribution in [0.4, 0.5) is 11.5 Å². The van der Waals surface area contributed by atoms with Gasteiger partial charge >= 0.3 is 6.01 Å². The number of benzene rings is 2. The number of anilines is 2. The first-order valence-electron chi connectivity index (χ1n) is 14.2. The van der Waals surface area contributed by atoms with E-state index >= 15 is 0 Å². The van der Waals surface area contributed by atoms with E-state index in [4.69, 9.17) is 19.4 Å². The zero-order valence-electron chi connectivity index (χ0n) is 22.3. The van der Waals surface area contributed by atoms with Crippen molar-refractivity contribution in [1.29, 1.82) is 0 Å². The van der Waals surface area contributed by atoms with E-state index in [1.165, 1.54) is 28.4 Å². The molecule has 0 bridgehead atoms. The molecule has 5 heterocycles. The summed E-state index contributed by atoms with van der Waals surface area (Å²) in [6.45, 7) is 6.52. The second-order valence-electron chi connectivity index (χ2n) is 10.5. The van der Waals surface area contributed by atoms with E-state index in [-0.39, 0.29) is 6.23 Å². The summed E-state index contributed by atoms with van der Waals surface area (Å²) in [5, 5.41) is 5.99. The predicted molar refractivity (Wildman–Crippen MR) is 151 cm³/mol. The van der Waals surface area contributed by atoms with Crippen molar-refractivity contribution >= 4 is 22.3 Å². The van der Waals surface area contributed by atoms with Crippen molar-refractivity contribution in [2.45, 2.75) is 45.1 Å². The third-order valence-electron chi connectivity index (χ3n) is 8.09. The molecule has 2 aromatic carbocycles. The first-order valence-corrected chi connectivity index (χ1v) is 14.2. The monoisotopic (exact) mass is 525 g/mol. The van der Waals surface area contributed by atoms with E-state index in [1.54, 1.807) is 0 Å². The lowest BCUT2D eigenvalue weighted by atomic mass is 10.0. The summed E-state index contributed by atoms with van der Waals surface area (Å²) in [6, 6.07) is 15.6. The van der Waals surface area contributed by atoms with Gasteiger partial charge in [0.05, 0.1) is 12.2 Å². The third kappa shape index (κ3) is 4.92. The Labute approximate surface area is 228 Å². The van der Waals surface area contributed by atoms with E-state index in [9.17, 15) is 0 Å². The minimum absolute atomic E-state index is 0.0231. The molecule has 0 spiro atoms. The van der Waals surface area contributed by atoms with Gasteiger partial charge in [-0.15, -0.1) is 0 Å². The number of ether oxygens (including phenoxy) is 2. The van der Waals surface area contributed by atoms with Gasteiger partial charge in [0.1, 0.15) is 24.5 Å². The predicted octanol–water partition coefficient (Wildman–Crippen LogP) is 4.08. The minimum Gasteiger partial charge on any atom is -0.455 e. The van der Waals surface area contributed by atoms with Gasteiger partial charge in [-0.25, -0.2) is 4.98 Å². The molecule has 0 amide bonds. The maximum absolute atomic E-state index is 6.27. The molecule has 2 fully saturated rings. The van der Waals surface area contributed by atoms with Gasteiger partial charge < -0.3 is 29.2 Å². The quantitative estimate of drug-likeness (QED) is 0.404. The molecule has 3 aliphatic heterocycles. The van der Waals surface area contributed by atoms with Crippen molar-refractivity contribution in [3.63, 3.8) is 0 Å².